The van der Waals surface area contributed by atoms with Gasteiger partial charge in [0.2, 0.25) is 11.0 Å². The van der Waals surface area contributed by atoms with Gasteiger partial charge in [0, 0.05) is 0 Å². The molecule has 0 unspecified atom stereocenters. The van der Waals surface area contributed by atoms with E-state index in [0.717, 1.165) is 5.76 Å². The average molecular weight is 364 g/mol. The highest BCUT2D eigenvalue weighted by atomic mass is 32.2. The number of furan rings is 1. The number of rotatable bonds is 7. The van der Waals surface area contributed by atoms with Gasteiger partial charge in [-0.25, -0.2) is 4.39 Å². The monoisotopic (exact) mass is 364 g/mol. The summed E-state index contributed by atoms with van der Waals surface area (Å²) in [5.74, 6) is 0.159. The van der Waals surface area contributed by atoms with E-state index in [0.29, 0.717) is 16.0 Å². The van der Waals surface area contributed by atoms with Gasteiger partial charge >= 0.3 is 0 Å². The molecule has 0 aliphatic carbocycles. The van der Waals surface area contributed by atoms with Gasteiger partial charge in [-0.05, 0) is 24.3 Å². The van der Waals surface area contributed by atoms with Crippen LogP contribution in [-0.4, -0.2) is 21.9 Å². The first-order valence-corrected chi connectivity index (χ1v) is 8.78. The van der Waals surface area contributed by atoms with Crippen molar-refractivity contribution < 1.29 is 13.6 Å². The van der Waals surface area contributed by atoms with Gasteiger partial charge in [0.25, 0.3) is 0 Å². The van der Waals surface area contributed by atoms with Crippen molar-refractivity contribution in [2.24, 2.45) is 0 Å². The summed E-state index contributed by atoms with van der Waals surface area (Å²) in [4.78, 5) is 11.9. The Labute approximate surface area is 145 Å². The smallest absolute Gasteiger partial charge is 0.234 e. The van der Waals surface area contributed by atoms with Crippen molar-refractivity contribution >= 4 is 39.8 Å². The summed E-state index contributed by atoms with van der Waals surface area (Å²) in [6, 6.07) is 9.71. The van der Waals surface area contributed by atoms with E-state index in [4.69, 9.17) is 4.42 Å². The number of hydrogen-bond donors (Lipinski definition) is 2. The maximum atomic E-state index is 13.5. The van der Waals surface area contributed by atoms with E-state index in [9.17, 15) is 9.18 Å². The van der Waals surface area contributed by atoms with Crippen LogP contribution in [0.15, 0.2) is 51.4 Å². The van der Waals surface area contributed by atoms with Crippen molar-refractivity contribution in [2.75, 3.05) is 16.4 Å². The lowest BCUT2D eigenvalue weighted by Crippen LogP contribution is -2.14. The highest BCUT2D eigenvalue weighted by molar-refractivity contribution is 8.01. The summed E-state index contributed by atoms with van der Waals surface area (Å²) in [6.45, 7) is 0.514. The van der Waals surface area contributed by atoms with Crippen LogP contribution in [-0.2, 0) is 11.3 Å². The first-order chi connectivity index (χ1) is 11.7. The fourth-order valence-corrected chi connectivity index (χ4v) is 3.34. The maximum absolute atomic E-state index is 13.5. The van der Waals surface area contributed by atoms with Gasteiger partial charge in [-0.3, -0.25) is 4.79 Å². The molecule has 24 heavy (non-hydrogen) atoms. The predicted octanol–water partition coefficient (Wildman–Crippen LogP) is 3.61. The molecule has 6 nitrogen and oxygen atoms in total. The molecule has 3 rings (SSSR count). The summed E-state index contributed by atoms with van der Waals surface area (Å²) in [7, 11) is 0. The summed E-state index contributed by atoms with van der Waals surface area (Å²) in [5, 5.41) is 14.2. The van der Waals surface area contributed by atoms with Crippen molar-refractivity contribution in [3.05, 3.63) is 54.2 Å². The van der Waals surface area contributed by atoms with E-state index < -0.39 is 5.82 Å². The summed E-state index contributed by atoms with van der Waals surface area (Å²) in [5.41, 5.74) is 0.168. The molecule has 0 saturated carbocycles. The zero-order chi connectivity index (χ0) is 16.8. The molecule has 0 radical (unpaired) electrons. The predicted molar refractivity (Wildman–Crippen MR) is 91.7 cm³/mol. The molecule has 0 atom stereocenters. The molecule has 2 aromatic heterocycles. The highest BCUT2D eigenvalue weighted by Gasteiger charge is 2.10. The van der Waals surface area contributed by atoms with Crippen LogP contribution < -0.4 is 10.6 Å². The summed E-state index contributed by atoms with van der Waals surface area (Å²) in [6.07, 6.45) is 1.60. The SMILES string of the molecule is O=C(CSc1nnc(NCc2ccco2)s1)Nc1ccccc1F. The molecular weight excluding hydrogens is 351 g/mol. The van der Waals surface area contributed by atoms with Crippen LogP contribution in [0.1, 0.15) is 5.76 Å². The van der Waals surface area contributed by atoms with Crippen LogP contribution in [0.3, 0.4) is 0 Å². The first-order valence-electron chi connectivity index (χ1n) is 6.97. The van der Waals surface area contributed by atoms with E-state index in [1.807, 2.05) is 12.1 Å². The van der Waals surface area contributed by atoms with Crippen LogP contribution in [0.5, 0.6) is 0 Å². The molecule has 0 spiro atoms. The van der Waals surface area contributed by atoms with Gasteiger partial charge in [-0.1, -0.05) is 35.2 Å². The molecule has 1 amide bonds. The Morgan fingerprint density at radius 2 is 2.12 bits per heavy atom. The second kappa shape index (κ2) is 7.93. The van der Waals surface area contributed by atoms with E-state index in [1.165, 1.54) is 35.2 Å². The molecule has 124 valence electrons. The van der Waals surface area contributed by atoms with Crippen LogP contribution in [0.25, 0.3) is 0 Å². The summed E-state index contributed by atoms with van der Waals surface area (Å²) >= 11 is 2.58. The van der Waals surface area contributed by atoms with Crippen molar-refractivity contribution in [3.8, 4) is 0 Å². The Kier molecular flexibility index (Phi) is 5.44. The quantitative estimate of drug-likeness (QED) is 0.624. The fraction of sp³-hybridized carbons (Fsp3) is 0.133. The molecule has 0 saturated heterocycles. The lowest BCUT2D eigenvalue weighted by atomic mass is 10.3. The van der Waals surface area contributed by atoms with E-state index >= 15 is 0 Å². The number of carbonyl (C=O) groups is 1. The van der Waals surface area contributed by atoms with Gasteiger partial charge in [-0.15, -0.1) is 10.2 Å². The number of hydrogen-bond acceptors (Lipinski definition) is 7. The van der Waals surface area contributed by atoms with Gasteiger partial charge in [0.05, 0.1) is 24.2 Å². The van der Waals surface area contributed by atoms with Crippen molar-refractivity contribution in [2.45, 2.75) is 10.9 Å². The number of para-hydroxylation sites is 1. The molecule has 0 aliphatic rings. The van der Waals surface area contributed by atoms with E-state index in [1.54, 1.807) is 18.4 Å². The number of carbonyl (C=O) groups excluding carboxylic acids is 1. The minimum absolute atomic E-state index is 0.126. The molecular formula is C15H13FN4O2S2. The maximum Gasteiger partial charge on any atom is 0.234 e. The van der Waals surface area contributed by atoms with Gasteiger partial charge in [0.1, 0.15) is 11.6 Å². The normalized spacial score (nSPS) is 10.5. The average Bonchev–Trinajstić information content (AvgIpc) is 3.25. The third-order valence-corrected chi connectivity index (χ3v) is 4.89. The second-order valence-corrected chi connectivity index (χ2v) is 6.82. The Balaban J connectivity index is 1.46. The third kappa shape index (κ3) is 4.56. The molecule has 2 N–H and O–H groups in total. The number of thioether (sulfide) groups is 1. The molecule has 3 aromatic rings. The van der Waals surface area contributed by atoms with Crippen molar-refractivity contribution in [1.29, 1.82) is 0 Å². The lowest BCUT2D eigenvalue weighted by molar-refractivity contribution is -0.113. The molecule has 0 bridgehead atoms. The third-order valence-electron chi connectivity index (χ3n) is 2.88. The zero-order valence-corrected chi connectivity index (χ0v) is 14.0. The van der Waals surface area contributed by atoms with Crippen molar-refractivity contribution in [1.82, 2.24) is 10.2 Å². The van der Waals surface area contributed by atoms with E-state index in [-0.39, 0.29) is 17.3 Å². The Morgan fingerprint density at radius 3 is 2.92 bits per heavy atom. The molecule has 0 fully saturated rings. The van der Waals surface area contributed by atoms with Crippen LogP contribution in [0, 0.1) is 5.82 Å². The molecule has 9 heteroatoms. The zero-order valence-electron chi connectivity index (χ0n) is 12.4. The van der Waals surface area contributed by atoms with Gasteiger partial charge < -0.3 is 15.1 Å². The lowest BCUT2D eigenvalue weighted by Gasteiger charge is -2.04. The van der Waals surface area contributed by atoms with Gasteiger partial charge in [0.15, 0.2) is 4.34 Å². The Bertz CT molecular complexity index is 807. The van der Waals surface area contributed by atoms with Crippen LogP contribution in [0.4, 0.5) is 15.2 Å². The minimum Gasteiger partial charge on any atom is -0.467 e. The van der Waals surface area contributed by atoms with Crippen LogP contribution >= 0.6 is 23.1 Å². The number of halogens is 1. The number of benzene rings is 1. The van der Waals surface area contributed by atoms with Gasteiger partial charge in [-0.2, -0.15) is 0 Å². The molecule has 2 heterocycles. The highest BCUT2D eigenvalue weighted by Crippen LogP contribution is 2.26. The Morgan fingerprint density at radius 1 is 1.25 bits per heavy atom. The molecule has 1 aromatic carbocycles. The number of aromatic nitrogens is 2. The minimum atomic E-state index is -0.462. The molecule has 0 aliphatic heterocycles. The largest absolute Gasteiger partial charge is 0.467 e. The van der Waals surface area contributed by atoms with Crippen molar-refractivity contribution in [3.63, 3.8) is 0 Å². The number of nitrogens with zero attached hydrogens (tertiary/aromatic N) is 2. The number of amides is 1. The summed E-state index contributed by atoms with van der Waals surface area (Å²) < 4.78 is 19.3. The number of nitrogens with one attached hydrogen (secondary N) is 2. The topological polar surface area (TPSA) is 80.1 Å². The number of anilines is 2. The second-order valence-electron chi connectivity index (χ2n) is 4.62. The standard InChI is InChI=1S/C15H13FN4O2S2/c16-11-5-1-2-6-12(11)18-13(21)9-23-15-20-19-14(24-15)17-8-10-4-3-7-22-10/h1-7H,8-9H2,(H,17,19)(H,18,21). The van der Waals surface area contributed by atoms with Crippen LogP contribution in [0.2, 0.25) is 0 Å². The first kappa shape index (κ1) is 16.5. The fourth-order valence-electron chi connectivity index (χ4n) is 1.79. The van der Waals surface area contributed by atoms with E-state index in [2.05, 4.69) is 20.8 Å². The Hall–Kier alpha value is -2.39.